The Balaban J connectivity index is 2.12. The van der Waals surface area contributed by atoms with Gasteiger partial charge in [0.15, 0.2) is 0 Å². The van der Waals surface area contributed by atoms with Crippen LogP contribution in [0, 0.1) is 0 Å². The summed E-state index contributed by atoms with van der Waals surface area (Å²) in [4.78, 5) is 0. The van der Waals surface area contributed by atoms with Crippen molar-refractivity contribution in [2.75, 3.05) is 18.9 Å². The Bertz CT molecular complexity index is 680. The molecule has 3 rings (SSSR count). The van der Waals surface area contributed by atoms with Crippen LogP contribution in [0.1, 0.15) is 28.3 Å². The second-order valence-corrected chi connectivity index (χ2v) is 5.39. The van der Waals surface area contributed by atoms with Crippen molar-refractivity contribution in [3.8, 4) is 0 Å². The van der Waals surface area contributed by atoms with E-state index in [2.05, 4.69) is 10.6 Å². The fourth-order valence-electron chi connectivity index (χ4n) is 2.99. The van der Waals surface area contributed by atoms with Gasteiger partial charge in [-0.05, 0) is 41.3 Å². The summed E-state index contributed by atoms with van der Waals surface area (Å²) in [5.74, 6) is 0. The Morgan fingerprint density at radius 3 is 2.59 bits per heavy atom. The number of rotatable bonds is 2. The lowest BCUT2D eigenvalue weighted by atomic mass is 9.88. The van der Waals surface area contributed by atoms with E-state index in [1.807, 2.05) is 24.3 Å². The van der Waals surface area contributed by atoms with Crippen LogP contribution in [0.2, 0.25) is 0 Å². The van der Waals surface area contributed by atoms with E-state index in [1.165, 1.54) is 17.7 Å². The van der Waals surface area contributed by atoms with Crippen molar-refractivity contribution in [2.45, 2.75) is 18.6 Å². The molecule has 1 aliphatic rings. The summed E-state index contributed by atoms with van der Waals surface area (Å²) in [7, 11) is 1.72. The molecule has 1 heterocycles. The summed E-state index contributed by atoms with van der Waals surface area (Å²) in [5, 5.41) is 6.33. The zero-order chi connectivity index (χ0) is 15.7. The van der Waals surface area contributed by atoms with Gasteiger partial charge in [-0.3, -0.25) is 0 Å². The van der Waals surface area contributed by atoms with Crippen molar-refractivity contribution in [2.24, 2.45) is 0 Å². The van der Waals surface area contributed by atoms with Crippen LogP contribution in [-0.2, 0) is 12.6 Å². The molecule has 5 heteroatoms. The molecule has 2 aromatic carbocycles. The van der Waals surface area contributed by atoms with E-state index in [9.17, 15) is 13.2 Å². The predicted octanol–water partition coefficient (Wildman–Crippen LogP) is 3.98. The molecular weight excluding hydrogens is 289 g/mol. The molecule has 0 fully saturated rings. The quantitative estimate of drug-likeness (QED) is 0.877. The highest BCUT2D eigenvalue weighted by molar-refractivity contribution is 5.57. The summed E-state index contributed by atoms with van der Waals surface area (Å²) in [5.41, 5.74) is 2.95. The average Bonchev–Trinajstić information content (AvgIpc) is 2.53. The molecule has 0 aromatic heterocycles. The van der Waals surface area contributed by atoms with Crippen LogP contribution < -0.4 is 10.6 Å². The second kappa shape index (κ2) is 5.65. The lowest BCUT2D eigenvalue weighted by Crippen LogP contribution is -2.31. The predicted molar refractivity (Wildman–Crippen MR) is 81.0 cm³/mol. The minimum absolute atomic E-state index is 0.227. The van der Waals surface area contributed by atoms with Gasteiger partial charge in [-0.1, -0.05) is 24.3 Å². The van der Waals surface area contributed by atoms with Gasteiger partial charge in [0, 0.05) is 19.3 Å². The third-order valence-corrected chi connectivity index (χ3v) is 4.07. The van der Waals surface area contributed by atoms with Crippen LogP contribution in [0.5, 0.6) is 0 Å². The van der Waals surface area contributed by atoms with Crippen molar-refractivity contribution in [3.05, 3.63) is 64.7 Å². The highest BCUT2D eigenvalue weighted by Gasteiger charge is 2.32. The fraction of sp³-hybridized carbons (Fsp3) is 0.294. The third kappa shape index (κ3) is 2.68. The van der Waals surface area contributed by atoms with E-state index >= 15 is 0 Å². The SMILES string of the molecule is CNc1ccc(C(F)(F)F)cc1C1NCCc2ccccc21. The maximum Gasteiger partial charge on any atom is 0.416 e. The zero-order valence-corrected chi connectivity index (χ0v) is 12.2. The molecule has 0 radical (unpaired) electrons. The molecular formula is C17H17F3N2. The van der Waals surface area contributed by atoms with Gasteiger partial charge in [-0.2, -0.15) is 13.2 Å². The van der Waals surface area contributed by atoms with Crippen molar-refractivity contribution >= 4 is 5.69 Å². The first-order chi connectivity index (χ1) is 10.5. The smallest absolute Gasteiger partial charge is 0.388 e. The molecule has 2 N–H and O–H groups in total. The van der Waals surface area contributed by atoms with Gasteiger partial charge in [0.2, 0.25) is 0 Å². The minimum atomic E-state index is -4.34. The Morgan fingerprint density at radius 2 is 1.86 bits per heavy atom. The van der Waals surface area contributed by atoms with Crippen molar-refractivity contribution < 1.29 is 13.2 Å². The minimum Gasteiger partial charge on any atom is -0.388 e. The standard InChI is InChI=1S/C17H17F3N2/c1-21-15-7-6-12(17(18,19)20)10-14(15)16-13-5-3-2-4-11(13)8-9-22-16/h2-7,10,16,21-22H,8-9H2,1H3. The Hall–Kier alpha value is -2.01. The van der Waals surface area contributed by atoms with Gasteiger partial charge in [-0.25, -0.2) is 0 Å². The van der Waals surface area contributed by atoms with Gasteiger partial charge in [-0.15, -0.1) is 0 Å². The third-order valence-electron chi connectivity index (χ3n) is 4.07. The number of nitrogens with one attached hydrogen (secondary N) is 2. The second-order valence-electron chi connectivity index (χ2n) is 5.39. The molecule has 1 atom stereocenters. The number of fused-ring (bicyclic) bond motifs is 1. The number of anilines is 1. The van der Waals surface area contributed by atoms with Gasteiger partial charge < -0.3 is 10.6 Å². The highest BCUT2D eigenvalue weighted by atomic mass is 19.4. The molecule has 0 bridgehead atoms. The van der Waals surface area contributed by atoms with Crippen LogP contribution in [0.3, 0.4) is 0 Å². The summed E-state index contributed by atoms with van der Waals surface area (Å²) >= 11 is 0. The molecule has 2 nitrogen and oxygen atoms in total. The van der Waals surface area contributed by atoms with E-state index in [1.54, 1.807) is 7.05 Å². The van der Waals surface area contributed by atoms with E-state index in [4.69, 9.17) is 0 Å². The molecule has 22 heavy (non-hydrogen) atoms. The molecule has 2 aromatic rings. The first-order valence-electron chi connectivity index (χ1n) is 7.21. The van der Waals surface area contributed by atoms with Crippen LogP contribution in [0.4, 0.5) is 18.9 Å². The molecule has 0 saturated heterocycles. The first kappa shape index (κ1) is 14.9. The molecule has 0 aliphatic carbocycles. The number of hydrogen-bond donors (Lipinski definition) is 2. The van der Waals surface area contributed by atoms with Gasteiger partial charge >= 0.3 is 6.18 Å². The first-order valence-corrected chi connectivity index (χ1v) is 7.21. The van der Waals surface area contributed by atoms with E-state index in [-0.39, 0.29) is 6.04 Å². The summed E-state index contributed by atoms with van der Waals surface area (Å²) in [6.45, 7) is 0.751. The van der Waals surface area contributed by atoms with Crippen molar-refractivity contribution in [1.82, 2.24) is 5.32 Å². The van der Waals surface area contributed by atoms with Crippen LogP contribution >= 0.6 is 0 Å². The Labute approximate surface area is 127 Å². The topological polar surface area (TPSA) is 24.1 Å². The molecule has 1 aliphatic heterocycles. The van der Waals surface area contributed by atoms with E-state index in [0.717, 1.165) is 24.6 Å². The van der Waals surface area contributed by atoms with Crippen molar-refractivity contribution in [1.29, 1.82) is 0 Å². The summed E-state index contributed by atoms with van der Waals surface area (Å²) in [6.07, 6.45) is -3.45. The molecule has 0 amide bonds. The number of hydrogen-bond acceptors (Lipinski definition) is 2. The van der Waals surface area contributed by atoms with Gasteiger partial charge in [0.25, 0.3) is 0 Å². The van der Waals surface area contributed by atoms with Crippen LogP contribution in [0.25, 0.3) is 0 Å². The maximum absolute atomic E-state index is 13.0. The summed E-state index contributed by atoms with van der Waals surface area (Å²) < 4.78 is 39.1. The molecule has 1 unspecified atom stereocenters. The van der Waals surface area contributed by atoms with Gasteiger partial charge in [0.1, 0.15) is 0 Å². The average molecular weight is 306 g/mol. The summed E-state index contributed by atoms with van der Waals surface area (Å²) in [6, 6.07) is 11.5. The zero-order valence-electron chi connectivity index (χ0n) is 12.2. The Morgan fingerprint density at radius 1 is 1.09 bits per heavy atom. The highest BCUT2D eigenvalue weighted by Crippen LogP contribution is 2.37. The normalized spacial score (nSPS) is 17.9. The number of alkyl halides is 3. The number of benzene rings is 2. The number of halogens is 3. The van der Waals surface area contributed by atoms with E-state index < -0.39 is 11.7 Å². The maximum atomic E-state index is 13.0. The monoisotopic (exact) mass is 306 g/mol. The molecule has 116 valence electrons. The van der Waals surface area contributed by atoms with Crippen LogP contribution in [0.15, 0.2) is 42.5 Å². The van der Waals surface area contributed by atoms with Crippen LogP contribution in [-0.4, -0.2) is 13.6 Å². The van der Waals surface area contributed by atoms with Gasteiger partial charge in [0.05, 0.1) is 11.6 Å². The lowest BCUT2D eigenvalue weighted by molar-refractivity contribution is -0.137. The fourth-order valence-corrected chi connectivity index (χ4v) is 2.99. The molecule has 0 saturated carbocycles. The lowest BCUT2D eigenvalue weighted by Gasteiger charge is -2.29. The van der Waals surface area contributed by atoms with Crippen molar-refractivity contribution in [3.63, 3.8) is 0 Å². The Kier molecular flexibility index (Phi) is 3.83. The molecule has 0 spiro atoms. The van der Waals surface area contributed by atoms with E-state index in [0.29, 0.717) is 11.3 Å². The largest absolute Gasteiger partial charge is 0.416 e.